The summed E-state index contributed by atoms with van der Waals surface area (Å²) >= 11 is 0. The lowest BCUT2D eigenvalue weighted by atomic mass is 10.2. The van der Waals surface area contributed by atoms with Gasteiger partial charge in [-0.1, -0.05) is 12.1 Å². The molecule has 0 bridgehead atoms. The van der Waals surface area contributed by atoms with E-state index in [1.54, 1.807) is 31.4 Å². The maximum Gasteiger partial charge on any atom is 0.262 e. The summed E-state index contributed by atoms with van der Waals surface area (Å²) in [5.74, 6) is 0.157. The molecule has 0 spiro atoms. The van der Waals surface area contributed by atoms with Crippen LogP contribution in [0, 0.1) is 0 Å². The Morgan fingerprint density at radius 1 is 1.07 bits per heavy atom. The zero-order valence-corrected chi connectivity index (χ0v) is 16.4. The summed E-state index contributed by atoms with van der Waals surface area (Å²) in [5.41, 5.74) is 0.723. The van der Waals surface area contributed by atoms with Gasteiger partial charge in [-0.3, -0.25) is 9.52 Å². The molecule has 146 valence electrons. The number of hydrogen-bond acceptors (Lipinski definition) is 5. The van der Waals surface area contributed by atoms with Crippen LogP contribution in [0.3, 0.4) is 0 Å². The molecule has 7 nitrogen and oxygen atoms in total. The van der Waals surface area contributed by atoms with Gasteiger partial charge in [-0.2, -0.15) is 0 Å². The molecule has 2 aromatic rings. The third-order valence-corrected chi connectivity index (χ3v) is 4.89. The largest absolute Gasteiger partial charge is 0.489 e. The quantitative estimate of drug-likeness (QED) is 0.640. The van der Waals surface area contributed by atoms with Crippen molar-refractivity contribution in [3.05, 3.63) is 54.1 Å². The predicted molar refractivity (Wildman–Crippen MR) is 104 cm³/mol. The summed E-state index contributed by atoms with van der Waals surface area (Å²) in [4.78, 5) is 12.0. The number of methoxy groups -OCH3 is 1. The minimum absolute atomic E-state index is 0.0512. The van der Waals surface area contributed by atoms with Crippen molar-refractivity contribution in [2.24, 2.45) is 0 Å². The van der Waals surface area contributed by atoms with Crippen LogP contribution < -0.4 is 14.8 Å². The van der Waals surface area contributed by atoms with Gasteiger partial charge in [0.05, 0.1) is 23.3 Å². The van der Waals surface area contributed by atoms with Crippen molar-refractivity contribution < 1.29 is 22.7 Å². The molecule has 0 saturated carbocycles. The minimum atomic E-state index is -3.82. The molecule has 0 saturated heterocycles. The van der Waals surface area contributed by atoms with E-state index in [0.29, 0.717) is 30.2 Å². The second kappa shape index (κ2) is 9.38. The highest BCUT2D eigenvalue weighted by Gasteiger charge is 2.17. The third kappa shape index (κ3) is 5.97. The number of carbonyl (C=O) groups excluding carboxylic acids is 1. The molecule has 0 aliphatic heterocycles. The SMILES string of the molecule is COCCNC(=O)c1ccc(S(=O)(=O)Nc2ccccc2OC(C)C)cc1. The Morgan fingerprint density at radius 3 is 2.37 bits per heavy atom. The van der Waals surface area contributed by atoms with Crippen molar-refractivity contribution in [3.63, 3.8) is 0 Å². The van der Waals surface area contributed by atoms with Crippen molar-refractivity contribution in [2.75, 3.05) is 25.0 Å². The molecule has 27 heavy (non-hydrogen) atoms. The molecule has 0 radical (unpaired) electrons. The van der Waals surface area contributed by atoms with Crippen molar-refractivity contribution in [1.82, 2.24) is 5.32 Å². The fourth-order valence-electron chi connectivity index (χ4n) is 2.27. The molecule has 2 N–H and O–H groups in total. The highest BCUT2D eigenvalue weighted by Crippen LogP contribution is 2.27. The smallest absolute Gasteiger partial charge is 0.262 e. The van der Waals surface area contributed by atoms with E-state index >= 15 is 0 Å². The summed E-state index contributed by atoms with van der Waals surface area (Å²) in [6.45, 7) is 4.51. The monoisotopic (exact) mass is 392 g/mol. The molecule has 8 heteroatoms. The lowest BCUT2D eigenvalue weighted by Crippen LogP contribution is -2.26. The van der Waals surface area contributed by atoms with Crippen LogP contribution >= 0.6 is 0 Å². The van der Waals surface area contributed by atoms with Gasteiger partial charge < -0.3 is 14.8 Å². The van der Waals surface area contributed by atoms with Crippen molar-refractivity contribution in [2.45, 2.75) is 24.8 Å². The van der Waals surface area contributed by atoms with Gasteiger partial charge in [-0.15, -0.1) is 0 Å². The number of benzene rings is 2. The first-order valence-corrected chi connectivity index (χ1v) is 9.97. The first-order chi connectivity index (χ1) is 12.8. The number of hydrogen-bond donors (Lipinski definition) is 2. The van der Waals surface area contributed by atoms with Gasteiger partial charge in [0.2, 0.25) is 0 Å². The molecule has 0 atom stereocenters. The number of ether oxygens (including phenoxy) is 2. The standard InChI is InChI=1S/C19H24N2O5S/c1-14(2)26-18-7-5-4-6-17(18)21-27(23,24)16-10-8-15(9-11-16)19(22)20-12-13-25-3/h4-11,14,21H,12-13H2,1-3H3,(H,20,22). The number of amides is 1. The highest BCUT2D eigenvalue weighted by atomic mass is 32.2. The van der Waals surface area contributed by atoms with E-state index in [2.05, 4.69) is 10.0 Å². The minimum Gasteiger partial charge on any atom is -0.489 e. The Hall–Kier alpha value is -2.58. The van der Waals surface area contributed by atoms with Gasteiger partial charge >= 0.3 is 0 Å². The number of nitrogens with one attached hydrogen (secondary N) is 2. The molecule has 1 amide bonds. The van der Waals surface area contributed by atoms with E-state index in [-0.39, 0.29) is 16.9 Å². The lowest BCUT2D eigenvalue weighted by Gasteiger charge is -2.15. The van der Waals surface area contributed by atoms with Gasteiger partial charge in [0.15, 0.2) is 0 Å². The Kier molecular flexibility index (Phi) is 7.20. The summed E-state index contributed by atoms with van der Waals surface area (Å²) < 4.78 is 38.3. The van der Waals surface area contributed by atoms with E-state index in [0.717, 1.165) is 0 Å². The summed E-state index contributed by atoms with van der Waals surface area (Å²) in [5, 5.41) is 2.68. The van der Waals surface area contributed by atoms with Gasteiger partial charge in [-0.25, -0.2) is 8.42 Å². The second-order valence-corrected chi connectivity index (χ2v) is 7.72. The molecule has 0 unspecified atom stereocenters. The second-order valence-electron chi connectivity index (χ2n) is 6.04. The van der Waals surface area contributed by atoms with Gasteiger partial charge in [-0.05, 0) is 50.2 Å². The molecule has 0 heterocycles. The number of para-hydroxylation sites is 2. The van der Waals surface area contributed by atoms with Crippen molar-refractivity contribution >= 4 is 21.6 Å². The highest BCUT2D eigenvalue weighted by molar-refractivity contribution is 7.92. The Labute approximate surface area is 159 Å². The van der Waals surface area contributed by atoms with E-state index in [1.165, 1.54) is 24.3 Å². The van der Waals surface area contributed by atoms with Crippen LogP contribution in [0.1, 0.15) is 24.2 Å². The van der Waals surface area contributed by atoms with Crippen LogP contribution in [0.25, 0.3) is 0 Å². The van der Waals surface area contributed by atoms with Gasteiger partial charge in [0, 0.05) is 19.2 Å². The van der Waals surface area contributed by atoms with Crippen LogP contribution in [-0.2, 0) is 14.8 Å². The molecule has 0 aliphatic rings. The third-order valence-electron chi connectivity index (χ3n) is 3.51. The van der Waals surface area contributed by atoms with E-state index in [4.69, 9.17) is 9.47 Å². The fraction of sp³-hybridized carbons (Fsp3) is 0.316. The first kappa shape index (κ1) is 20.7. The molecule has 0 fully saturated rings. The molecular weight excluding hydrogens is 368 g/mol. The maximum absolute atomic E-state index is 12.6. The average Bonchev–Trinajstić information content (AvgIpc) is 2.63. The zero-order valence-electron chi connectivity index (χ0n) is 15.6. The van der Waals surface area contributed by atoms with Crippen LogP contribution in [0.5, 0.6) is 5.75 Å². The van der Waals surface area contributed by atoms with E-state index in [9.17, 15) is 13.2 Å². The maximum atomic E-state index is 12.6. The normalized spacial score (nSPS) is 11.3. The zero-order chi connectivity index (χ0) is 19.9. The summed E-state index contributed by atoms with van der Waals surface area (Å²) in [6.07, 6.45) is -0.0911. The Morgan fingerprint density at radius 2 is 1.74 bits per heavy atom. The van der Waals surface area contributed by atoms with Crippen LogP contribution in [0.15, 0.2) is 53.4 Å². The first-order valence-electron chi connectivity index (χ1n) is 8.49. The number of anilines is 1. The van der Waals surface area contributed by atoms with E-state index in [1.807, 2.05) is 13.8 Å². The Bertz CT molecular complexity index is 864. The molecule has 0 aromatic heterocycles. The number of sulfonamides is 1. The summed E-state index contributed by atoms with van der Waals surface area (Å²) in [6, 6.07) is 12.5. The van der Waals surface area contributed by atoms with Crippen molar-refractivity contribution in [3.8, 4) is 5.75 Å². The Balaban J connectivity index is 2.14. The molecule has 2 rings (SSSR count). The number of carbonyl (C=O) groups is 1. The molecule has 0 aliphatic carbocycles. The van der Waals surface area contributed by atoms with Gasteiger partial charge in [0.1, 0.15) is 5.75 Å². The molecular formula is C19H24N2O5S. The van der Waals surface area contributed by atoms with Crippen LogP contribution in [-0.4, -0.2) is 40.7 Å². The predicted octanol–water partition coefficient (Wildman–Crippen LogP) is 2.65. The van der Waals surface area contributed by atoms with Crippen molar-refractivity contribution in [1.29, 1.82) is 0 Å². The molecule has 2 aromatic carbocycles. The fourth-order valence-corrected chi connectivity index (χ4v) is 3.34. The average molecular weight is 392 g/mol. The van der Waals surface area contributed by atoms with Gasteiger partial charge in [0.25, 0.3) is 15.9 Å². The van der Waals surface area contributed by atoms with Crippen LogP contribution in [0.2, 0.25) is 0 Å². The lowest BCUT2D eigenvalue weighted by molar-refractivity contribution is 0.0937. The van der Waals surface area contributed by atoms with E-state index < -0.39 is 10.0 Å². The van der Waals surface area contributed by atoms with Crippen LogP contribution in [0.4, 0.5) is 5.69 Å². The topological polar surface area (TPSA) is 93.7 Å². The number of rotatable bonds is 9. The summed E-state index contributed by atoms with van der Waals surface area (Å²) in [7, 11) is -2.27.